The summed E-state index contributed by atoms with van der Waals surface area (Å²) in [5.74, 6) is -1.32. The number of rotatable bonds is 4. The maximum atomic E-state index is 13.0. The lowest BCUT2D eigenvalue weighted by atomic mass is 10.1. The van der Waals surface area contributed by atoms with Gasteiger partial charge in [-0.3, -0.25) is 9.59 Å². The van der Waals surface area contributed by atoms with Crippen molar-refractivity contribution in [2.45, 2.75) is 26.5 Å². The first-order chi connectivity index (χ1) is 12.4. The predicted molar refractivity (Wildman–Crippen MR) is 94.1 cm³/mol. The van der Waals surface area contributed by atoms with Crippen LogP contribution in [0.3, 0.4) is 0 Å². The van der Waals surface area contributed by atoms with Crippen LogP contribution in [0, 0.1) is 5.92 Å². The zero-order chi connectivity index (χ0) is 18.8. The lowest BCUT2D eigenvalue weighted by Gasteiger charge is -2.30. The number of carboxylic acid groups (broad SMARTS) is 1. The minimum absolute atomic E-state index is 0.0481. The standard InChI is InChI=1S/C18H21N3O5/c1-11(2)9-21-16(22)13-6-4-3-5-12(13)15(19-21)17(23)20-7-8-26-14(10-20)18(24)25/h3-6,11,14H,7-10H2,1-2H3,(H,24,25)/t14-/m1/s1. The van der Waals surface area contributed by atoms with Gasteiger partial charge in [-0.15, -0.1) is 0 Å². The van der Waals surface area contributed by atoms with Crippen LogP contribution in [-0.2, 0) is 16.1 Å². The molecule has 2 heterocycles. The van der Waals surface area contributed by atoms with Crippen molar-refractivity contribution in [2.24, 2.45) is 5.92 Å². The van der Waals surface area contributed by atoms with Crippen LogP contribution in [0.1, 0.15) is 24.3 Å². The number of ether oxygens (including phenoxy) is 1. The van der Waals surface area contributed by atoms with Gasteiger partial charge >= 0.3 is 5.97 Å². The van der Waals surface area contributed by atoms with E-state index < -0.39 is 18.0 Å². The van der Waals surface area contributed by atoms with Crippen molar-refractivity contribution in [3.63, 3.8) is 0 Å². The maximum Gasteiger partial charge on any atom is 0.334 e. The Bertz CT molecular complexity index is 905. The van der Waals surface area contributed by atoms with Crippen LogP contribution in [0.25, 0.3) is 10.8 Å². The number of benzene rings is 1. The van der Waals surface area contributed by atoms with E-state index in [1.165, 1.54) is 9.58 Å². The maximum absolute atomic E-state index is 13.0. The summed E-state index contributed by atoms with van der Waals surface area (Å²) in [5, 5.41) is 14.3. The lowest BCUT2D eigenvalue weighted by Crippen LogP contribution is -2.49. The fourth-order valence-electron chi connectivity index (χ4n) is 3.00. The van der Waals surface area contributed by atoms with E-state index in [2.05, 4.69) is 5.10 Å². The van der Waals surface area contributed by atoms with Crippen molar-refractivity contribution in [1.29, 1.82) is 0 Å². The molecule has 0 saturated carbocycles. The fourth-order valence-corrected chi connectivity index (χ4v) is 3.00. The number of aliphatic carboxylic acids is 1. The van der Waals surface area contributed by atoms with Gasteiger partial charge in [0.15, 0.2) is 11.8 Å². The number of carbonyl (C=O) groups is 2. The van der Waals surface area contributed by atoms with E-state index in [1.54, 1.807) is 24.3 Å². The van der Waals surface area contributed by atoms with E-state index in [-0.39, 0.29) is 36.9 Å². The molecular weight excluding hydrogens is 338 g/mol. The third-order valence-corrected chi connectivity index (χ3v) is 4.24. The molecular formula is C18H21N3O5. The van der Waals surface area contributed by atoms with Crippen molar-refractivity contribution < 1.29 is 19.4 Å². The zero-order valence-corrected chi connectivity index (χ0v) is 14.7. The van der Waals surface area contributed by atoms with E-state index in [4.69, 9.17) is 9.84 Å². The SMILES string of the molecule is CC(C)Cn1nc(C(=O)N2CCO[C@@H](C(=O)O)C2)c2ccccc2c1=O. The molecule has 1 atom stereocenters. The minimum atomic E-state index is -1.11. The molecule has 2 aromatic rings. The first kappa shape index (κ1) is 18.1. The number of fused-ring (bicyclic) bond motifs is 1. The molecule has 1 aliphatic rings. The second-order valence-electron chi connectivity index (χ2n) is 6.72. The summed E-state index contributed by atoms with van der Waals surface area (Å²) in [6.07, 6.45) is -1.06. The smallest absolute Gasteiger partial charge is 0.334 e. The molecule has 1 aromatic carbocycles. The molecule has 138 valence electrons. The number of amides is 1. The van der Waals surface area contributed by atoms with Gasteiger partial charge in [-0.05, 0) is 12.0 Å². The molecule has 8 nitrogen and oxygen atoms in total. The molecule has 0 radical (unpaired) electrons. The molecule has 1 aromatic heterocycles. The van der Waals surface area contributed by atoms with E-state index >= 15 is 0 Å². The average Bonchev–Trinajstić information content (AvgIpc) is 2.63. The van der Waals surface area contributed by atoms with Crippen LogP contribution < -0.4 is 5.56 Å². The first-order valence-electron chi connectivity index (χ1n) is 8.52. The number of hydrogen-bond acceptors (Lipinski definition) is 5. The Hall–Kier alpha value is -2.74. The van der Waals surface area contributed by atoms with Crippen LogP contribution in [-0.4, -0.2) is 57.5 Å². The number of hydrogen-bond donors (Lipinski definition) is 1. The Morgan fingerprint density at radius 2 is 2.00 bits per heavy atom. The Labute approximate surface area is 150 Å². The highest BCUT2D eigenvalue weighted by Crippen LogP contribution is 2.17. The highest BCUT2D eigenvalue weighted by atomic mass is 16.5. The molecule has 8 heteroatoms. The van der Waals surface area contributed by atoms with E-state index in [0.29, 0.717) is 17.3 Å². The zero-order valence-electron chi connectivity index (χ0n) is 14.7. The lowest BCUT2D eigenvalue weighted by molar-refractivity contribution is -0.154. The quantitative estimate of drug-likeness (QED) is 0.873. The largest absolute Gasteiger partial charge is 0.479 e. The van der Waals surface area contributed by atoms with E-state index in [9.17, 15) is 14.4 Å². The average molecular weight is 359 g/mol. The molecule has 0 spiro atoms. The number of aromatic nitrogens is 2. The highest BCUT2D eigenvalue weighted by molar-refractivity contribution is 6.04. The van der Waals surface area contributed by atoms with E-state index in [0.717, 1.165) is 0 Å². The van der Waals surface area contributed by atoms with Gasteiger partial charge < -0.3 is 14.7 Å². The van der Waals surface area contributed by atoms with Gasteiger partial charge in [0.1, 0.15) is 0 Å². The molecule has 0 unspecified atom stereocenters. The van der Waals surface area contributed by atoms with Crippen molar-refractivity contribution in [2.75, 3.05) is 19.7 Å². The summed E-state index contributed by atoms with van der Waals surface area (Å²) in [6.45, 7) is 4.70. The summed E-state index contributed by atoms with van der Waals surface area (Å²) in [4.78, 5) is 38.3. The molecule has 1 saturated heterocycles. The summed E-state index contributed by atoms with van der Waals surface area (Å²) in [5.41, 5.74) is -0.0804. The van der Waals surface area contributed by atoms with Crippen molar-refractivity contribution in [3.8, 4) is 0 Å². The molecule has 26 heavy (non-hydrogen) atoms. The third kappa shape index (κ3) is 3.45. The normalized spacial score (nSPS) is 17.7. The Kier molecular flexibility index (Phi) is 5.03. The Morgan fingerprint density at radius 3 is 2.65 bits per heavy atom. The number of carbonyl (C=O) groups excluding carboxylic acids is 1. The predicted octanol–water partition coefficient (Wildman–Crippen LogP) is 0.978. The summed E-state index contributed by atoms with van der Waals surface area (Å²) in [7, 11) is 0. The van der Waals surface area contributed by atoms with Gasteiger partial charge in [0, 0.05) is 18.5 Å². The van der Waals surface area contributed by atoms with Gasteiger partial charge in [0.25, 0.3) is 11.5 Å². The summed E-state index contributed by atoms with van der Waals surface area (Å²) < 4.78 is 6.48. The first-order valence-corrected chi connectivity index (χ1v) is 8.52. The Balaban J connectivity index is 2.05. The summed E-state index contributed by atoms with van der Waals surface area (Å²) in [6, 6.07) is 6.84. The number of carboxylic acids is 1. The topological polar surface area (TPSA) is 102 Å². The van der Waals surface area contributed by atoms with Crippen LogP contribution in [0.5, 0.6) is 0 Å². The molecule has 1 fully saturated rings. The van der Waals surface area contributed by atoms with Gasteiger partial charge in [-0.1, -0.05) is 32.0 Å². The molecule has 3 rings (SSSR count). The van der Waals surface area contributed by atoms with Crippen LogP contribution in [0.2, 0.25) is 0 Å². The van der Waals surface area contributed by atoms with Crippen molar-refractivity contribution >= 4 is 22.6 Å². The summed E-state index contributed by atoms with van der Waals surface area (Å²) >= 11 is 0. The van der Waals surface area contributed by atoms with Gasteiger partial charge in [0.2, 0.25) is 0 Å². The van der Waals surface area contributed by atoms with Gasteiger partial charge in [-0.2, -0.15) is 5.10 Å². The van der Waals surface area contributed by atoms with Crippen LogP contribution in [0.4, 0.5) is 0 Å². The van der Waals surface area contributed by atoms with Crippen molar-refractivity contribution in [3.05, 3.63) is 40.3 Å². The molecule has 1 N–H and O–H groups in total. The second-order valence-corrected chi connectivity index (χ2v) is 6.72. The highest BCUT2D eigenvalue weighted by Gasteiger charge is 2.31. The minimum Gasteiger partial charge on any atom is -0.479 e. The molecule has 1 amide bonds. The molecule has 1 aliphatic heterocycles. The molecule has 0 bridgehead atoms. The van der Waals surface area contributed by atoms with Crippen LogP contribution >= 0.6 is 0 Å². The van der Waals surface area contributed by atoms with Gasteiger partial charge in [-0.25, -0.2) is 9.48 Å². The molecule has 0 aliphatic carbocycles. The van der Waals surface area contributed by atoms with E-state index in [1.807, 2.05) is 13.8 Å². The second kappa shape index (κ2) is 7.25. The monoisotopic (exact) mass is 359 g/mol. The number of nitrogens with zero attached hydrogens (tertiary/aromatic N) is 3. The fraction of sp³-hybridized carbons (Fsp3) is 0.444. The van der Waals surface area contributed by atoms with Crippen molar-refractivity contribution in [1.82, 2.24) is 14.7 Å². The van der Waals surface area contributed by atoms with Gasteiger partial charge in [0.05, 0.1) is 18.5 Å². The third-order valence-electron chi connectivity index (χ3n) is 4.24. The number of morpholine rings is 1. The Morgan fingerprint density at radius 1 is 1.31 bits per heavy atom. The van der Waals surface area contributed by atoms with Crippen LogP contribution in [0.15, 0.2) is 29.1 Å².